The first-order chi connectivity index (χ1) is 7.15. The lowest BCUT2D eigenvalue weighted by Gasteiger charge is -2.19. The molecule has 15 heavy (non-hydrogen) atoms. The van der Waals surface area contributed by atoms with E-state index in [0.717, 1.165) is 5.56 Å². The largest absolute Gasteiger partial charge is 0.508 e. The molecule has 0 aromatic heterocycles. The molecule has 78 valence electrons. The summed E-state index contributed by atoms with van der Waals surface area (Å²) in [5.74, 6) is -1.04. The van der Waals surface area contributed by atoms with Crippen LogP contribution in [0.15, 0.2) is 24.3 Å². The van der Waals surface area contributed by atoms with Gasteiger partial charge in [0.2, 0.25) is 0 Å². The van der Waals surface area contributed by atoms with Gasteiger partial charge in [-0.3, -0.25) is 9.59 Å². The Morgan fingerprint density at radius 3 is 2.47 bits per heavy atom. The molecule has 1 N–H and O–H groups in total. The second-order valence-corrected chi connectivity index (χ2v) is 3.55. The molecule has 1 aromatic rings. The van der Waals surface area contributed by atoms with Crippen LogP contribution in [0.25, 0.3) is 0 Å². The summed E-state index contributed by atoms with van der Waals surface area (Å²) in [6.07, 6.45) is 0.379. The van der Waals surface area contributed by atoms with Crippen LogP contribution in [0.2, 0.25) is 0 Å². The lowest BCUT2D eigenvalue weighted by molar-refractivity contribution is -0.163. The van der Waals surface area contributed by atoms with Gasteiger partial charge >= 0.3 is 11.9 Å². The molecule has 1 heterocycles. The Balaban J connectivity index is 2.23. The molecule has 0 saturated carbocycles. The van der Waals surface area contributed by atoms with Gasteiger partial charge in [0.05, 0.1) is 12.8 Å². The van der Waals surface area contributed by atoms with Gasteiger partial charge in [-0.15, -0.1) is 0 Å². The summed E-state index contributed by atoms with van der Waals surface area (Å²) in [4.78, 5) is 22.1. The molecule has 0 aliphatic carbocycles. The van der Waals surface area contributed by atoms with Gasteiger partial charge in [-0.25, -0.2) is 0 Å². The van der Waals surface area contributed by atoms with Crippen molar-refractivity contribution in [2.45, 2.75) is 18.8 Å². The lowest BCUT2D eigenvalue weighted by Crippen LogP contribution is -2.24. The third kappa shape index (κ3) is 2.15. The van der Waals surface area contributed by atoms with Crippen molar-refractivity contribution in [1.82, 2.24) is 0 Å². The van der Waals surface area contributed by atoms with Crippen LogP contribution in [0.1, 0.15) is 24.3 Å². The summed E-state index contributed by atoms with van der Waals surface area (Å²) in [6, 6.07) is 6.59. The molecule has 1 aromatic carbocycles. The van der Waals surface area contributed by atoms with Gasteiger partial charge in [0.1, 0.15) is 5.75 Å². The van der Waals surface area contributed by atoms with Crippen LogP contribution < -0.4 is 0 Å². The van der Waals surface area contributed by atoms with Crippen LogP contribution >= 0.6 is 0 Å². The second-order valence-electron chi connectivity index (χ2n) is 3.55. The predicted molar refractivity (Wildman–Crippen MR) is 51.2 cm³/mol. The summed E-state index contributed by atoms with van der Waals surface area (Å²) < 4.78 is 4.43. The standard InChI is InChI=1S/C11H10O4/c12-9-3-1-2-7(4-9)8-5-10(13)15-11(14)6-8/h1-4,8,12H,5-6H2. The van der Waals surface area contributed by atoms with Gasteiger partial charge in [0.25, 0.3) is 0 Å². The van der Waals surface area contributed by atoms with Crippen LogP contribution in [0.3, 0.4) is 0 Å². The van der Waals surface area contributed by atoms with Gasteiger partial charge in [-0.1, -0.05) is 12.1 Å². The molecule has 0 radical (unpaired) electrons. The molecular weight excluding hydrogens is 196 g/mol. The summed E-state index contributed by atoms with van der Waals surface area (Å²) in [6.45, 7) is 0. The van der Waals surface area contributed by atoms with E-state index in [1.807, 2.05) is 0 Å². The Hall–Kier alpha value is -1.84. The number of cyclic esters (lactones) is 2. The van der Waals surface area contributed by atoms with E-state index in [0.29, 0.717) is 0 Å². The van der Waals surface area contributed by atoms with E-state index < -0.39 is 11.9 Å². The van der Waals surface area contributed by atoms with Crippen LogP contribution in [-0.2, 0) is 14.3 Å². The number of hydrogen-bond donors (Lipinski definition) is 1. The molecule has 1 aliphatic heterocycles. The summed E-state index contributed by atoms with van der Waals surface area (Å²) in [7, 11) is 0. The number of rotatable bonds is 1. The Morgan fingerprint density at radius 2 is 1.87 bits per heavy atom. The fraction of sp³-hybridized carbons (Fsp3) is 0.273. The number of ether oxygens (including phenoxy) is 1. The smallest absolute Gasteiger partial charge is 0.314 e. The SMILES string of the molecule is O=C1CC(c2cccc(O)c2)CC(=O)O1. The lowest BCUT2D eigenvalue weighted by atomic mass is 9.91. The Labute approximate surface area is 86.5 Å². The number of carbonyl (C=O) groups is 2. The fourth-order valence-electron chi connectivity index (χ4n) is 1.70. The number of esters is 2. The first-order valence-electron chi connectivity index (χ1n) is 4.67. The average molecular weight is 206 g/mol. The van der Waals surface area contributed by atoms with Gasteiger partial charge in [0, 0.05) is 5.92 Å². The monoisotopic (exact) mass is 206 g/mol. The minimum atomic E-state index is -0.500. The molecule has 1 saturated heterocycles. The molecule has 0 amide bonds. The van der Waals surface area contributed by atoms with Crippen LogP contribution in [0.4, 0.5) is 0 Å². The first-order valence-corrected chi connectivity index (χ1v) is 4.67. The first kappa shape index (κ1) is 9.71. The number of hydrogen-bond acceptors (Lipinski definition) is 4. The molecule has 4 nitrogen and oxygen atoms in total. The number of phenols is 1. The van der Waals surface area contributed by atoms with Crippen LogP contribution in [0, 0.1) is 0 Å². The molecule has 2 rings (SSSR count). The van der Waals surface area contributed by atoms with Crippen molar-refractivity contribution < 1.29 is 19.4 Å². The highest BCUT2D eigenvalue weighted by atomic mass is 16.6. The normalized spacial score (nSPS) is 17.6. The number of phenolic OH excluding ortho intramolecular Hbond substituents is 1. The van der Waals surface area contributed by atoms with E-state index in [1.54, 1.807) is 24.3 Å². The van der Waals surface area contributed by atoms with E-state index >= 15 is 0 Å². The Bertz CT molecular complexity index is 395. The number of carbonyl (C=O) groups excluding carboxylic acids is 2. The maximum absolute atomic E-state index is 11.0. The topological polar surface area (TPSA) is 63.6 Å². The van der Waals surface area contributed by atoms with E-state index in [9.17, 15) is 14.7 Å². The van der Waals surface area contributed by atoms with Gasteiger partial charge in [0.15, 0.2) is 0 Å². The van der Waals surface area contributed by atoms with Crippen molar-refractivity contribution in [2.24, 2.45) is 0 Å². The summed E-state index contributed by atoms with van der Waals surface area (Å²) >= 11 is 0. The third-order valence-corrected chi connectivity index (χ3v) is 2.40. The maximum Gasteiger partial charge on any atom is 0.314 e. The van der Waals surface area contributed by atoms with E-state index in [1.165, 1.54) is 0 Å². The zero-order chi connectivity index (χ0) is 10.8. The molecule has 1 fully saturated rings. The van der Waals surface area contributed by atoms with Gasteiger partial charge < -0.3 is 9.84 Å². The van der Waals surface area contributed by atoms with E-state index in [-0.39, 0.29) is 24.5 Å². The highest BCUT2D eigenvalue weighted by Crippen LogP contribution is 2.29. The molecule has 0 atom stereocenters. The minimum absolute atomic E-state index is 0.138. The van der Waals surface area contributed by atoms with Crippen molar-refractivity contribution in [2.75, 3.05) is 0 Å². The fourth-order valence-corrected chi connectivity index (χ4v) is 1.70. The van der Waals surface area contributed by atoms with Crippen molar-refractivity contribution >= 4 is 11.9 Å². The van der Waals surface area contributed by atoms with Gasteiger partial charge in [-0.05, 0) is 17.7 Å². The highest BCUT2D eigenvalue weighted by Gasteiger charge is 2.28. The van der Waals surface area contributed by atoms with Crippen molar-refractivity contribution in [3.63, 3.8) is 0 Å². The number of benzene rings is 1. The summed E-state index contributed by atoms with van der Waals surface area (Å²) in [5, 5.41) is 9.27. The molecule has 0 bridgehead atoms. The van der Waals surface area contributed by atoms with E-state index in [4.69, 9.17) is 0 Å². The van der Waals surface area contributed by atoms with Crippen LogP contribution in [-0.4, -0.2) is 17.0 Å². The molecule has 0 unspecified atom stereocenters. The maximum atomic E-state index is 11.0. The van der Waals surface area contributed by atoms with Crippen molar-refractivity contribution in [3.8, 4) is 5.75 Å². The number of aromatic hydroxyl groups is 1. The minimum Gasteiger partial charge on any atom is -0.508 e. The zero-order valence-corrected chi connectivity index (χ0v) is 7.97. The molecular formula is C11H10O4. The van der Waals surface area contributed by atoms with Crippen molar-refractivity contribution in [3.05, 3.63) is 29.8 Å². The predicted octanol–water partition coefficient (Wildman–Crippen LogP) is 1.34. The Kier molecular flexibility index (Phi) is 2.41. The summed E-state index contributed by atoms with van der Waals surface area (Å²) in [5.41, 5.74) is 0.792. The van der Waals surface area contributed by atoms with Gasteiger partial charge in [-0.2, -0.15) is 0 Å². The molecule has 1 aliphatic rings. The quantitative estimate of drug-likeness (QED) is 0.556. The van der Waals surface area contributed by atoms with E-state index in [2.05, 4.69) is 4.74 Å². The molecule has 4 heteroatoms. The average Bonchev–Trinajstić information content (AvgIpc) is 2.16. The van der Waals surface area contributed by atoms with Crippen molar-refractivity contribution in [1.29, 1.82) is 0 Å². The second kappa shape index (κ2) is 3.73. The third-order valence-electron chi connectivity index (χ3n) is 2.40. The zero-order valence-electron chi connectivity index (χ0n) is 7.97. The molecule has 0 spiro atoms. The Morgan fingerprint density at radius 1 is 1.20 bits per heavy atom. The van der Waals surface area contributed by atoms with Crippen LogP contribution in [0.5, 0.6) is 5.75 Å². The highest BCUT2D eigenvalue weighted by molar-refractivity contribution is 5.89.